The van der Waals surface area contributed by atoms with Gasteiger partial charge in [0.15, 0.2) is 0 Å². The lowest BCUT2D eigenvalue weighted by molar-refractivity contribution is -0.145. The lowest BCUT2D eigenvalue weighted by atomic mass is 10.1. The normalized spacial score (nSPS) is 22.2. The van der Waals surface area contributed by atoms with Crippen molar-refractivity contribution in [3.05, 3.63) is 11.6 Å². The van der Waals surface area contributed by atoms with Gasteiger partial charge in [-0.25, -0.2) is 9.59 Å². The number of hydrogen-bond donors (Lipinski definition) is 0. The van der Waals surface area contributed by atoms with E-state index in [2.05, 4.69) is 0 Å². The van der Waals surface area contributed by atoms with Crippen LogP contribution in [0.4, 0.5) is 4.79 Å². The number of esters is 1. The molecule has 1 rings (SSSR count). The van der Waals surface area contributed by atoms with E-state index in [1.165, 1.54) is 12.0 Å². The molecule has 1 saturated heterocycles. The minimum absolute atomic E-state index is 0.405. The van der Waals surface area contributed by atoms with E-state index in [9.17, 15) is 9.59 Å². The van der Waals surface area contributed by atoms with Crippen molar-refractivity contribution in [2.24, 2.45) is 0 Å². The van der Waals surface area contributed by atoms with Crippen molar-refractivity contribution < 1.29 is 19.1 Å². The fourth-order valence-corrected chi connectivity index (χ4v) is 1.82. The quantitative estimate of drug-likeness (QED) is 0.532. The zero-order valence-electron chi connectivity index (χ0n) is 11.6. The fourth-order valence-electron chi connectivity index (χ4n) is 1.82. The number of amides is 1. The Morgan fingerprint density at radius 1 is 1.39 bits per heavy atom. The average molecular weight is 255 g/mol. The number of allylic oxidation sites excluding steroid dienone is 1. The van der Waals surface area contributed by atoms with Crippen LogP contribution >= 0.6 is 0 Å². The molecule has 0 bridgehead atoms. The molecule has 18 heavy (non-hydrogen) atoms. The van der Waals surface area contributed by atoms with Crippen LogP contribution < -0.4 is 0 Å². The summed E-state index contributed by atoms with van der Waals surface area (Å²) in [6.45, 7) is 7.70. The Morgan fingerprint density at radius 3 is 2.44 bits per heavy atom. The van der Waals surface area contributed by atoms with Crippen molar-refractivity contribution in [2.45, 2.75) is 45.8 Å². The van der Waals surface area contributed by atoms with Crippen molar-refractivity contribution in [2.75, 3.05) is 13.7 Å². The summed E-state index contributed by atoms with van der Waals surface area (Å²) in [4.78, 5) is 25.1. The first kappa shape index (κ1) is 14.5. The van der Waals surface area contributed by atoms with Crippen molar-refractivity contribution in [1.29, 1.82) is 0 Å². The second kappa shape index (κ2) is 5.42. The minimum Gasteiger partial charge on any atom is -0.467 e. The van der Waals surface area contributed by atoms with Crippen LogP contribution in [0.15, 0.2) is 11.6 Å². The molecule has 1 aliphatic heterocycles. The predicted molar refractivity (Wildman–Crippen MR) is 67.1 cm³/mol. The van der Waals surface area contributed by atoms with E-state index in [-0.39, 0.29) is 0 Å². The molecular weight excluding hydrogens is 234 g/mol. The highest BCUT2D eigenvalue weighted by atomic mass is 16.6. The molecule has 1 aliphatic rings. The molecule has 0 saturated carbocycles. The number of nitrogens with zero attached hydrogens (tertiary/aromatic N) is 1. The molecule has 0 aromatic heterocycles. The first-order valence-electron chi connectivity index (χ1n) is 6.00. The summed E-state index contributed by atoms with van der Waals surface area (Å²) in [6, 6.07) is -0.573. The molecule has 5 heteroatoms. The maximum atomic E-state index is 12.0. The first-order valence-corrected chi connectivity index (χ1v) is 6.00. The smallest absolute Gasteiger partial charge is 0.411 e. The van der Waals surface area contributed by atoms with Gasteiger partial charge in [-0.15, -0.1) is 0 Å². The third kappa shape index (κ3) is 3.48. The largest absolute Gasteiger partial charge is 0.467 e. The van der Waals surface area contributed by atoms with Gasteiger partial charge in [0.2, 0.25) is 0 Å². The van der Waals surface area contributed by atoms with Gasteiger partial charge in [0.25, 0.3) is 0 Å². The molecular formula is C13H21NO4. The molecule has 0 aliphatic carbocycles. The molecule has 0 N–H and O–H groups in total. The van der Waals surface area contributed by atoms with E-state index < -0.39 is 23.7 Å². The third-order valence-corrected chi connectivity index (χ3v) is 2.71. The number of rotatable bonds is 1. The van der Waals surface area contributed by atoms with Gasteiger partial charge in [-0.2, -0.15) is 0 Å². The maximum Gasteiger partial charge on any atom is 0.411 e. The van der Waals surface area contributed by atoms with Crippen molar-refractivity contribution in [1.82, 2.24) is 4.90 Å². The molecule has 0 aromatic rings. The molecule has 102 valence electrons. The lowest BCUT2D eigenvalue weighted by Gasteiger charge is -2.27. The highest BCUT2D eigenvalue weighted by molar-refractivity contribution is 5.83. The number of carbonyl (C=O) groups excluding carboxylic acids is 2. The lowest BCUT2D eigenvalue weighted by Crippen LogP contribution is -2.43. The number of ether oxygens (including phenoxy) is 2. The number of carbonyl (C=O) groups is 2. The van der Waals surface area contributed by atoms with Crippen LogP contribution in [0.3, 0.4) is 0 Å². The monoisotopic (exact) mass is 255 g/mol. The number of methoxy groups -OCH3 is 1. The van der Waals surface area contributed by atoms with E-state index in [0.717, 1.165) is 5.57 Å². The molecule has 5 nitrogen and oxygen atoms in total. The second-order valence-electron chi connectivity index (χ2n) is 5.30. The SMILES string of the molecule is C/C=C1\CC(C(=O)OC)N(C(=O)OC(C)(C)C)C1. The fraction of sp³-hybridized carbons (Fsp3) is 0.692. The highest BCUT2D eigenvalue weighted by Gasteiger charge is 2.39. The van der Waals surface area contributed by atoms with Gasteiger partial charge >= 0.3 is 12.1 Å². The van der Waals surface area contributed by atoms with Crippen LogP contribution in [-0.4, -0.2) is 42.3 Å². The van der Waals surface area contributed by atoms with E-state index in [1.54, 1.807) is 20.8 Å². The van der Waals surface area contributed by atoms with Crippen LogP contribution in [0.25, 0.3) is 0 Å². The molecule has 1 unspecified atom stereocenters. The van der Waals surface area contributed by atoms with Crippen molar-refractivity contribution in [3.8, 4) is 0 Å². The van der Waals surface area contributed by atoms with E-state index in [1.807, 2.05) is 13.0 Å². The van der Waals surface area contributed by atoms with Gasteiger partial charge in [0.05, 0.1) is 7.11 Å². The molecule has 1 atom stereocenters. The Balaban J connectivity index is 2.84. The van der Waals surface area contributed by atoms with Gasteiger partial charge in [0, 0.05) is 13.0 Å². The number of hydrogen-bond acceptors (Lipinski definition) is 4. The summed E-state index contributed by atoms with van der Waals surface area (Å²) in [6.07, 6.45) is 1.96. The third-order valence-electron chi connectivity index (χ3n) is 2.71. The van der Waals surface area contributed by atoms with Crippen molar-refractivity contribution in [3.63, 3.8) is 0 Å². The second-order valence-corrected chi connectivity index (χ2v) is 5.30. The molecule has 1 amide bonds. The summed E-state index contributed by atoms with van der Waals surface area (Å²) in [7, 11) is 1.32. The Kier molecular flexibility index (Phi) is 4.38. The van der Waals surface area contributed by atoms with Crippen LogP contribution in [-0.2, 0) is 14.3 Å². The minimum atomic E-state index is -0.573. The zero-order chi connectivity index (χ0) is 13.9. The first-order chi connectivity index (χ1) is 8.28. The molecule has 0 radical (unpaired) electrons. The van der Waals surface area contributed by atoms with Crippen LogP contribution in [0.5, 0.6) is 0 Å². The Hall–Kier alpha value is -1.52. The average Bonchev–Trinajstić information content (AvgIpc) is 2.69. The van der Waals surface area contributed by atoms with E-state index in [0.29, 0.717) is 13.0 Å². The van der Waals surface area contributed by atoms with Crippen LogP contribution in [0, 0.1) is 0 Å². The van der Waals surface area contributed by atoms with E-state index >= 15 is 0 Å². The maximum absolute atomic E-state index is 12.0. The summed E-state index contributed by atoms with van der Waals surface area (Å²) in [5.74, 6) is -0.405. The summed E-state index contributed by atoms with van der Waals surface area (Å²) in [5, 5.41) is 0. The molecule has 1 fully saturated rings. The topological polar surface area (TPSA) is 55.8 Å². The Morgan fingerprint density at radius 2 is 2.00 bits per heavy atom. The summed E-state index contributed by atoms with van der Waals surface area (Å²) < 4.78 is 10.0. The predicted octanol–water partition coefficient (Wildman–Crippen LogP) is 2.12. The van der Waals surface area contributed by atoms with Gasteiger partial charge in [-0.05, 0) is 27.7 Å². The van der Waals surface area contributed by atoms with Gasteiger partial charge in [0.1, 0.15) is 11.6 Å². The Labute approximate surface area is 108 Å². The summed E-state index contributed by atoms with van der Waals surface area (Å²) >= 11 is 0. The summed E-state index contributed by atoms with van der Waals surface area (Å²) in [5.41, 5.74) is 0.465. The van der Waals surface area contributed by atoms with Gasteiger partial charge in [-0.1, -0.05) is 11.6 Å². The standard InChI is InChI=1S/C13H21NO4/c1-6-9-7-10(11(15)17-5)14(8-9)12(16)18-13(2,3)4/h6,10H,7-8H2,1-5H3/b9-6+. The Bertz CT molecular complexity index is 368. The molecule has 0 aromatic carbocycles. The number of likely N-dealkylation sites (tertiary alicyclic amines) is 1. The zero-order valence-corrected chi connectivity index (χ0v) is 11.6. The molecule has 0 spiro atoms. The van der Waals surface area contributed by atoms with Gasteiger partial charge in [-0.3, -0.25) is 4.90 Å². The van der Waals surface area contributed by atoms with Gasteiger partial charge < -0.3 is 9.47 Å². The van der Waals surface area contributed by atoms with Crippen molar-refractivity contribution >= 4 is 12.1 Å². The van der Waals surface area contributed by atoms with Crippen LogP contribution in [0.2, 0.25) is 0 Å². The highest BCUT2D eigenvalue weighted by Crippen LogP contribution is 2.25. The van der Waals surface area contributed by atoms with E-state index in [4.69, 9.17) is 9.47 Å². The van der Waals surface area contributed by atoms with Crippen LogP contribution in [0.1, 0.15) is 34.1 Å². The molecule has 1 heterocycles.